The third-order valence-corrected chi connectivity index (χ3v) is 9.23. The van der Waals surface area contributed by atoms with Crippen LogP contribution >= 0.6 is 0 Å². The molecule has 1 saturated carbocycles. The van der Waals surface area contributed by atoms with Gasteiger partial charge in [0.25, 0.3) is 0 Å². The van der Waals surface area contributed by atoms with Crippen molar-refractivity contribution in [1.29, 1.82) is 0 Å². The van der Waals surface area contributed by atoms with Crippen LogP contribution in [-0.4, -0.2) is 17.2 Å². The summed E-state index contributed by atoms with van der Waals surface area (Å²) in [7, 11) is 0. The number of benzene rings is 1. The van der Waals surface area contributed by atoms with Gasteiger partial charge in [-0.2, -0.15) is 0 Å². The predicted molar refractivity (Wildman–Crippen MR) is 132 cm³/mol. The molecule has 4 rings (SSSR count). The summed E-state index contributed by atoms with van der Waals surface area (Å²) in [6, 6.07) is 6.16. The van der Waals surface area contributed by atoms with E-state index in [0.29, 0.717) is 17.1 Å². The minimum absolute atomic E-state index is 0.272. The van der Waals surface area contributed by atoms with Crippen molar-refractivity contribution in [3.8, 4) is 5.75 Å². The molecule has 0 saturated heterocycles. The number of nitrogens with one attached hydrogen (secondary N) is 1. The first-order valence-electron chi connectivity index (χ1n) is 13.0. The zero-order valence-electron chi connectivity index (χ0n) is 20.6. The fourth-order valence-corrected chi connectivity index (χ4v) is 7.67. The van der Waals surface area contributed by atoms with Crippen LogP contribution in [0, 0.1) is 23.2 Å². The summed E-state index contributed by atoms with van der Waals surface area (Å²) in [6.07, 6.45) is 14.3. The van der Waals surface area contributed by atoms with Gasteiger partial charge in [-0.1, -0.05) is 51.3 Å². The van der Waals surface area contributed by atoms with Crippen molar-refractivity contribution >= 4 is 0 Å². The lowest BCUT2D eigenvalue weighted by Gasteiger charge is -2.51. The quantitative estimate of drug-likeness (QED) is 0.338. The van der Waals surface area contributed by atoms with E-state index in [1.165, 1.54) is 56.9 Å². The van der Waals surface area contributed by atoms with E-state index in [1.807, 2.05) is 12.1 Å². The lowest BCUT2D eigenvalue weighted by atomic mass is 9.53. The van der Waals surface area contributed by atoms with Crippen LogP contribution in [0.4, 0.5) is 0 Å². The summed E-state index contributed by atoms with van der Waals surface area (Å²) in [5.41, 5.74) is 5.43. The topological polar surface area (TPSA) is 32.3 Å². The number of allylic oxidation sites excluding steroid dienone is 2. The van der Waals surface area contributed by atoms with Gasteiger partial charge in [-0.3, -0.25) is 0 Å². The van der Waals surface area contributed by atoms with Crippen molar-refractivity contribution in [1.82, 2.24) is 5.32 Å². The smallest absolute Gasteiger partial charge is 0.115 e. The van der Waals surface area contributed by atoms with Crippen molar-refractivity contribution in [3.63, 3.8) is 0 Å². The molecule has 172 valence electrons. The maximum absolute atomic E-state index is 9.92. The van der Waals surface area contributed by atoms with E-state index in [2.05, 4.69) is 52.1 Å². The summed E-state index contributed by atoms with van der Waals surface area (Å²) >= 11 is 0. The molecule has 31 heavy (non-hydrogen) atoms. The Labute approximate surface area is 190 Å². The molecular formula is C29H45NO. The molecule has 0 aromatic heterocycles. The molecular weight excluding hydrogens is 378 g/mol. The average molecular weight is 424 g/mol. The summed E-state index contributed by atoms with van der Waals surface area (Å²) in [6.45, 7) is 13.0. The SMILES string of the molecule is CCNC(C)(C)CCCC[C@@H](C)C1=CC[C@H]2[C@@H]3CCc4cc(O)ccc4[C@H]3CC[C@]12C. The summed E-state index contributed by atoms with van der Waals surface area (Å²) < 4.78 is 0. The number of fused-ring (bicyclic) bond motifs is 5. The Bertz CT molecular complexity index is 809. The van der Waals surface area contributed by atoms with Crippen LogP contribution in [0.1, 0.15) is 103 Å². The molecule has 1 fully saturated rings. The number of hydrogen-bond donors (Lipinski definition) is 2. The van der Waals surface area contributed by atoms with Crippen LogP contribution in [0.3, 0.4) is 0 Å². The van der Waals surface area contributed by atoms with E-state index in [4.69, 9.17) is 0 Å². The third kappa shape index (κ3) is 4.47. The maximum atomic E-state index is 9.92. The number of phenolic OH excluding ortho intramolecular Hbond substituents is 1. The number of hydrogen-bond acceptors (Lipinski definition) is 2. The molecule has 2 heteroatoms. The minimum Gasteiger partial charge on any atom is -0.508 e. The Kier molecular flexibility index (Phi) is 6.59. The van der Waals surface area contributed by atoms with Crippen molar-refractivity contribution in [2.75, 3.05) is 6.54 Å². The fourth-order valence-electron chi connectivity index (χ4n) is 7.67. The van der Waals surface area contributed by atoms with Gasteiger partial charge >= 0.3 is 0 Å². The molecule has 0 unspecified atom stereocenters. The molecule has 0 heterocycles. The number of unbranched alkanes of at least 4 members (excludes halogenated alkanes) is 1. The summed E-state index contributed by atoms with van der Waals surface area (Å²) in [5.74, 6) is 3.50. The molecule has 0 aliphatic heterocycles. The molecule has 1 aromatic carbocycles. The molecule has 5 atom stereocenters. The molecule has 3 aliphatic rings. The average Bonchev–Trinajstić information content (AvgIpc) is 3.08. The van der Waals surface area contributed by atoms with Crippen LogP contribution in [0.25, 0.3) is 0 Å². The van der Waals surface area contributed by atoms with Gasteiger partial charge < -0.3 is 10.4 Å². The number of phenols is 1. The highest BCUT2D eigenvalue weighted by Crippen LogP contribution is 2.62. The van der Waals surface area contributed by atoms with E-state index in [0.717, 1.165) is 30.7 Å². The largest absolute Gasteiger partial charge is 0.508 e. The molecule has 2 N–H and O–H groups in total. The second kappa shape index (κ2) is 8.93. The van der Waals surface area contributed by atoms with Crippen LogP contribution in [0.15, 0.2) is 29.8 Å². The van der Waals surface area contributed by atoms with Crippen molar-refractivity contribution < 1.29 is 5.11 Å². The first-order valence-corrected chi connectivity index (χ1v) is 13.0. The molecule has 3 aliphatic carbocycles. The van der Waals surface area contributed by atoms with Crippen LogP contribution < -0.4 is 5.32 Å². The van der Waals surface area contributed by atoms with E-state index in [9.17, 15) is 5.11 Å². The Morgan fingerprint density at radius 1 is 1.23 bits per heavy atom. The lowest BCUT2D eigenvalue weighted by Crippen LogP contribution is -2.42. The van der Waals surface area contributed by atoms with E-state index < -0.39 is 0 Å². The minimum atomic E-state index is 0.272. The predicted octanol–water partition coefficient (Wildman–Crippen LogP) is 7.37. The van der Waals surface area contributed by atoms with Crippen LogP contribution in [0.2, 0.25) is 0 Å². The number of aromatic hydroxyl groups is 1. The van der Waals surface area contributed by atoms with Gasteiger partial charge in [0.15, 0.2) is 0 Å². The normalized spacial score (nSPS) is 30.9. The van der Waals surface area contributed by atoms with Gasteiger partial charge in [-0.05, 0) is 118 Å². The lowest BCUT2D eigenvalue weighted by molar-refractivity contribution is 0.0686. The highest BCUT2D eigenvalue weighted by Gasteiger charge is 2.52. The Morgan fingerprint density at radius 2 is 2.03 bits per heavy atom. The molecule has 0 amide bonds. The van der Waals surface area contributed by atoms with Crippen molar-refractivity contribution in [2.45, 2.75) is 104 Å². The Balaban J connectivity index is 1.38. The van der Waals surface area contributed by atoms with Crippen molar-refractivity contribution in [3.05, 3.63) is 41.0 Å². The van der Waals surface area contributed by atoms with E-state index in [1.54, 1.807) is 11.1 Å². The second-order valence-corrected chi connectivity index (χ2v) is 11.7. The molecule has 0 spiro atoms. The first kappa shape index (κ1) is 22.9. The molecule has 0 bridgehead atoms. The van der Waals surface area contributed by atoms with Crippen LogP contribution in [0.5, 0.6) is 5.75 Å². The van der Waals surface area contributed by atoms with Gasteiger partial charge in [-0.15, -0.1) is 0 Å². The highest BCUT2D eigenvalue weighted by molar-refractivity contribution is 5.41. The van der Waals surface area contributed by atoms with Gasteiger partial charge in [0.2, 0.25) is 0 Å². The van der Waals surface area contributed by atoms with Gasteiger partial charge in [0.1, 0.15) is 5.75 Å². The van der Waals surface area contributed by atoms with Crippen molar-refractivity contribution in [2.24, 2.45) is 23.2 Å². The zero-order chi connectivity index (χ0) is 22.2. The Morgan fingerprint density at radius 3 is 2.81 bits per heavy atom. The van der Waals surface area contributed by atoms with E-state index >= 15 is 0 Å². The monoisotopic (exact) mass is 423 g/mol. The van der Waals surface area contributed by atoms with Gasteiger partial charge in [0, 0.05) is 5.54 Å². The molecule has 1 aromatic rings. The second-order valence-electron chi connectivity index (χ2n) is 11.7. The number of aryl methyl sites for hydroxylation is 1. The summed E-state index contributed by atoms with van der Waals surface area (Å²) in [4.78, 5) is 0. The maximum Gasteiger partial charge on any atom is 0.115 e. The standard InChI is InChI=1S/C29H45NO/c1-6-30-28(3,4)17-8-7-9-20(2)26-14-15-27-25-12-10-21-19-22(31)11-13-23(21)24(25)16-18-29(26,27)5/h11,13-14,19-20,24-25,27,30-31H,6-10,12,15-18H2,1-5H3/t20-,24-,25-,27+,29-/m1/s1. The number of rotatable bonds is 8. The van der Waals surface area contributed by atoms with Crippen LogP contribution in [-0.2, 0) is 6.42 Å². The van der Waals surface area contributed by atoms with E-state index in [-0.39, 0.29) is 5.54 Å². The molecule has 2 nitrogen and oxygen atoms in total. The van der Waals surface area contributed by atoms with Gasteiger partial charge in [-0.25, -0.2) is 0 Å². The molecule has 0 radical (unpaired) electrons. The highest BCUT2D eigenvalue weighted by atomic mass is 16.3. The Hall–Kier alpha value is -1.28. The third-order valence-electron chi connectivity index (χ3n) is 9.23. The summed E-state index contributed by atoms with van der Waals surface area (Å²) in [5, 5.41) is 13.5. The first-order chi connectivity index (χ1) is 14.7. The fraction of sp³-hybridized carbons (Fsp3) is 0.724. The zero-order valence-corrected chi connectivity index (χ0v) is 20.6. The van der Waals surface area contributed by atoms with Gasteiger partial charge in [0.05, 0.1) is 0 Å².